The summed E-state index contributed by atoms with van der Waals surface area (Å²) in [6.07, 6.45) is 5.74. The van der Waals surface area contributed by atoms with E-state index in [-0.39, 0.29) is 38.0 Å². The summed E-state index contributed by atoms with van der Waals surface area (Å²) >= 11 is 0. The summed E-state index contributed by atoms with van der Waals surface area (Å²) in [5, 5.41) is 7.83. The van der Waals surface area contributed by atoms with Crippen molar-refractivity contribution in [1.29, 1.82) is 0 Å². The topological polar surface area (TPSA) is 124 Å². The molecule has 2 heterocycles. The van der Waals surface area contributed by atoms with Gasteiger partial charge in [-0.2, -0.15) is 4.31 Å². The molecule has 11 nitrogen and oxygen atoms in total. The third kappa shape index (κ3) is 5.35. The van der Waals surface area contributed by atoms with Crippen molar-refractivity contribution in [2.45, 2.75) is 57.8 Å². The molecule has 0 aromatic carbocycles. The Morgan fingerprint density at radius 2 is 2.00 bits per heavy atom. The van der Waals surface area contributed by atoms with Crippen LogP contribution in [-0.2, 0) is 42.2 Å². The number of hydrogen-bond acceptors (Lipinski definition) is 9. The number of methoxy groups -OCH3 is 1. The second-order valence-electron chi connectivity index (χ2n) is 7.55. The van der Waals surface area contributed by atoms with Gasteiger partial charge >= 0.3 is 11.9 Å². The number of rotatable bonds is 7. The van der Waals surface area contributed by atoms with E-state index in [0.29, 0.717) is 12.2 Å². The van der Waals surface area contributed by atoms with E-state index in [1.165, 1.54) is 18.0 Å². The molecular weight excluding hydrogens is 414 g/mol. The standard InChI is InChI=1S/C18H29N5O6S/c1-3-29-17(24)13-22-10-14(19-20-22)11-23-16(18(25)28-2)12-21(8-9-30(23,26)27)15-6-4-5-7-15/h10,15-16H,3-9,11-13H2,1-2H3. The number of ether oxygens (including phenoxy) is 2. The lowest BCUT2D eigenvalue weighted by Crippen LogP contribution is -2.49. The van der Waals surface area contributed by atoms with Crippen LogP contribution in [0.1, 0.15) is 38.3 Å². The van der Waals surface area contributed by atoms with E-state index < -0.39 is 28.0 Å². The molecule has 1 saturated carbocycles. The molecule has 0 N–H and O–H groups in total. The summed E-state index contributed by atoms with van der Waals surface area (Å²) in [7, 11) is -2.47. The Morgan fingerprint density at radius 1 is 1.27 bits per heavy atom. The van der Waals surface area contributed by atoms with Gasteiger partial charge in [0.1, 0.15) is 12.6 Å². The largest absolute Gasteiger partial charge is 0.468 e. The number of hydrogen-bond donors (Lipinski definition) is 0. The maximum atomic E-state index is 13.0. The number of carbonyl (C=O) groups is 2. The number of carbonyl (C=O) groups excluding carboxylic acids is 2. The summed E-state index contributed by atoms with van der Waals surface area (Å²) in [4.78, 5) is 26.3. The van der Waals surface area contributed by atoms with Crippen molar-refractivity contribution in [3.63, 3.8) is 0 Å². The minimum Gasteiger partial charge on any atom is -0.468 e. The van der Waals surface area contributed by atoms with Crippen molar-refractivity contribution in [2.24, 2.45) is 0 Å². The first-order chi connectivity index (χ1) is 14.3. The maximum Gasteiger partial charge on any atom is 0.327 e. The van der Waals surface area contributed by atoms with Gasteiger partial charge in [0.05, 0.1) is 37.9 Å². The van der Waals surface area contributed by atoms with Gasteiger partial charge in [-0.1, -0.05) is 18.1 Å². The van der Waals surface area contributed by atoms with E-state index in [2.05, 4.69) is 15.2 Å². The van der Waals surface area contributed by atoms with Crippen molar-refractivity contribution in [3.8, 4) is 0 Å². The zero-order chi connectivity index (χ0) is 21.7. The van der Waals surface area contributed by atoms with Gasteiger partial charge in [0.15, 0.2) is 0 Å². The van der Waals surface area contributed by atoms with E-state index in [4.69, 9.17) is 9.47 Å². The molecule has 1 aromatic rings. The lowest BCUT2D eigenvalue weighted by Gasteiger charge is -2.30. The van der Waals surface area contributed by atoms with Crippen LogP contribution in [0.25, 0.3) is 0 Å². The molecule has 168 valence electrons. The molecule has 0 amide bonds. The van der Waals surface area contributed by atoms with Crippen LogP contribution in [0.3, 0.4) is 0 Å². The van der Waals surface area contributed by atoms with E-state index in [1.54, 1.807) is 6.92 Å². The third-order valence-corrected chi connectivity index (χ3v) is 7.36. The Morgan fingerprint density at radius 3 is 2.67 bits per heavy atom. The van der Waals surface area contributed by atoms with Gasteiger partial charge in [-0.05, 0) is 19.8 Å². The second kappa shape index (κ2) is 9.84. The lowest BCUT2D eigenvalue weighted by atomic mass is 10.1. The molecule has 1 aromatic heterocycles. The smallest absolute Gasteiger partial charge is 0.327 e. The van der Waals surface area contributed by atoms with Crippen LogP contribution in [0.2, 0.25) is 0 Å². The molecule has 0 radical (unpaired) electrons. The van der Waals surface area contributed by atoms with Crippen LogP contribution in [0, 0.1) is 0 Å². The van der Waals surface area contributed by atoms with Crippen LogP contribution in [0.5, 0.6) is 0 Å². The minimum atomic E-state index is -3.73. The predicted octanol–water partition coefficient (Wildman–Crippen LogP) is -0.227. The van der Waals surface area contributed by atoms with Gasteiger partial charge in [0, 0.05) is 19.1 Å². The highest BCUT2D eigenvalue weighted by Crippen LogP contribution is 2.27. The van der Waals surface area contributed by atoms with Crippen LogP contribution >= 0.6 is 0 Å². The highest BCUT2D eigenvalue weighted by molar-refractivity contribution is 7.89. The quantitative estimate of drug-likeness (QED) is 0.526. The second-order valence-corrected chi connectivity index (χ2v) is 9.59. The molecule has 2 fully saturated rings. The van der Waals surface area contributed by atoms with Gasteiger partial charge in [-0.3, -0.25) is 14.5 Å². The summed E-state index contributed by atoms with van der Waals surface area (Å²) in [6.45, 7) is 2.38. The molecule has 3 rings (SSSR count). The Balaban J connectivity index is 1.80. The first kappa shape index (κ1) is 22.6. The van der Waals surface area contributed by atoms with Crippen molar-refractivity contribution in [1.82, 2.24) is 24.2 Å². The SMILES string of the molecule is CCOC(=O)Cn1cc(CN2C(C(=O)OC)CN(C3CCCC3)CCS2(=O)=O)nn1. The lowest BCUT2D eigenvalue weighted by molar-refractivity contribution is -0.146. The summed E-state index contributed by atoms with van der Waals surface area (Å²) in [5.74, 6) is -1.13. The zero-order valence-electron chi connectivity index (χ0n) is 17.4. The predicted molar refractivity (Wildman–Crippen MR) is 106 cm³/mol. The fourth-order valence-corrected chi connectivity index (χ4v) is 5.64. The fourth-order valence-electron chi connectivity index (χ4n) is 4.07. The van der Waals surface area contributed by atoms with Crippen LogP contribution in [-0.4, -0.2) is 89.2 Å². The molecule has 1 unspecified atom stereocenters. The average Bonchev–Trinajstić information content (AvgIpc) is 3.36. The molecule has 0 bridgehead atoms. The maximum absolute atomic E-state index is 13.0. The molecule has 1 aliphatic heterocycles. The fraction of sp³-hybridized carbons (Fsp3) is 0.778. The minimum absolute atomic E-state index is 0.0754. The molecule has 2 aliphatic rings. The van der Waals surface area contributed by atoms with Crippen molar-refractivity contribution in [3.05, 3.63) is 11.9 Å². The highest BCUT2D eigenvalue weighted by atomic mass is 32.2. The van der Waals surface area contributed by atoms with E-state index in [0.717, 1.165) is 30.0 Å². The van der Waals surface area contributed by atoms with Gasteiger partial charge in [0.2, 0.25) is 10.0 Å². The molecule has 1 saturated heterocycles. The van der Waals surface area contributed by atoms with Gasteiger partial charge in [-0.15, -0.1) is 5.10 Å². The molecule has 0 spiro atoms. The molecule has 12 heteroatoms. The number of aromatic nitrogens is 3. The third-order valence-electron chi connectivity index (χ3n) is 5.56. The van der Waals surface area contributed by atoms with Crippen molar-refractivity contribution < 1.29 is 27.5 Å². The van der Waals surface area contributed by atoms with E-state index >= 15 is 0 Å². The molecular formula is C18H29N5O6S. The highest BCUT2D eigenvalue weighted by Gasteiger charge is 2.42. The van der Waals surface area contributed by atoms with Crippen molar-refractivity contribution in [2.75, 3.05) is 32.6 Å². The monoisotopic (exact) mass is 443 g/mol. The Labute approximate surface area is 176 Å². The normalized spacial score (nSPS) is 23.2. The first-order valence-electron chi connectivity index (χ1n) is 10.2. The number of sulfonamides is 1. The molecule has 1 atom stereocenters. The first-order valence-corrected chi connectivity index (χ1v) is 11.8. The van der Waals surface area contributed by atoms with Crippen LogP contribution in [0.15, 0.2) is 6.20 Å². The van der Waals surface area contributed by atoms with Gasteiger partial charge in [0.25, 0.3) is 0 Å². The molecule has 30 heavy (non-hydrogen) atoms. The Bertz CT molecular complexity index is 851. The van der Waals surface area contributed by atoms with E-state index in [1.807, 2.05) is 0 Å². The Kier molecular flexibility index (Phi) is 7.42. The molecule has 1 aliphatic carbocycles. The summed E-state index contributed by atoms with van der Waals surface area (Å²) < 4.78 is 38.3. The van der Waals surface area contributed by atoms with Crippen LogP contribution in [0.4, 0.5) is 0 Å². The average molecular weight is 444 g/mol. The van der Waals surface area contributed by atoms with Crippen LogP contribution < -0.4 is 0 Å². The summed E-state index contributed by atoms with van der Waals surface area (Å²) in [6, 6.07) is -0.670. The van der Waals surface area contributed by atoms with Gasteiger partial charge < -0.3 is 9.47 Å². The van der Waals surface area contributed by atoms with E-state index in [9.17, 15) is 18.0 Å². The van der Waals surface area contributed by atoms with Crippen molar-refractivity contribution >= 4 is 22.0 Å². The van der Waals surface area contributed by atoms with Gasteiger partial charge in [-0.25, -0.2) is 13.1 Å². The zero-order valence-corrected chi connectivity index (χ0v) is 18.2. The number of nitrogens with zero attached hydrogens (tertiary/aromatic N) is 5. The Hall–Kier alpha value is -2.05. The number of esters is 2. The summed E-state index contributed by atoms with van der Waals surface area (Å²) in [5.41, 5.74) is 0.339.